The first kappa shape index (κ1) is 20.6. The summed E-state index contributed by atoms with van der Waals surface area (Å²) >= 11 is 12.6. The van der Waals surface area contributed by atoms with E-state index in [4.69, 9.17) is 27.9 Å². The van der Waals surface area contributed by atoms with E-state index < -0.39 is 0 Å². The van der Waals surface area contributed by atoms with Gasteiger partial charge in [-0.15, -0.1) is 0 Å². The Hall–Kier alpha value is -1.71. The van der Waals surface area contributed by atoms with E-state index >= 15 is 0 Å². The van der Waals surface area contributed by atoms with Gasteiger partial charge in [-0.2, -0.15) is 0 Å². The molecule has 3 nitrogen and oxygen atoms in total. The minimum absolute atomic E-state index is 0.259. The SMILES string of the molecule is CCCCCCCOc1c(Cl)cc(C(=O)Nc2cccc(C)c2)cc1Cl. The molecule has 0 saturated carbocycles. The van der Waals surface area contributed by atoms with Gasteiger partial charge in [0.2, 0.25) is 0 Å². The van der Waals surface area contributed by atoms with Crippen LogP contribution in [0.4, 0.5) is 5.69 Å². The molecule has 5 heteroatoms. The fourth-order valence-electron chi connectivity index (χ4n) is 2.63. The lowest BCUT2D eigenvalue weighted by Crippen LogP contribution is -2.12. The molecule has 0 aliphatic rings. The minimum Gasteiger partial charge on any atom is -0.490 e. The lowest BCUT2D eigenvalue weighted by Gasteiger charge is -2.12. The van der Waals surface area contributed by atoms with Crippen LogP contribution in [-0.2, 0) is 0 Å². The van der Waals surface area contributed by atoms with Crippen LogP contribution in [0.1, 0.15) is 54.9 Å². The summed E-state index contributed by atoms with van der Waals surface area (Å²) in [5.74, 6) is 0.182. The van der Waals surface area contributed by atoms with Crippen molar-refractivity contribution in [3.63, 3.8) is 0 Å². The molecule has 1 amide bonds. The Morgan fingerprint density at radius 3 is 2.38 bits per heavy atom. The van der Waals surface area contributed by atoms with Crippen molar-refractivity contribution in [1.29, 1.82) is 0 Å². The molecule has 0 aromatic heterocycles. The molecular formula is C21H25Cl2NO2. The summed E-state index contributed by atoms with van der Waals surface area (Å²) < 4.78 is 5.72. The number of ether oxygens (including phenoxy) is 1. The second-order valence-corrected chi connectivity index (χ2v) is 7.17. The Labute approximate surface area is 165 Å². The van der Waals surface area contributed by atoms with Gasteiger partial charge in [-0.25, -0.2) is 0 Å². The van der Waals surface area contributed by atoms with E-state index in [1.807, 2.05) is 31.2 Å². The largest absolute Gasteiger partial charge is 0.490 e. The summed E-state index contributed by atoms with van der Waals surface area (Å²) in [6.45, 7) is 4.72. The topological polar surface area (TPSA) is 38.3 Å². The van der Waals surface area contributed by atoms with Crippen LogP contribution >= 0.6 is 23.2 Å². The highest BCUT2D eigenvalue weighted by Crippen LogP contribution is 2.34. The fourth-order valence-corrected chi connectivity index (χ4v) is 3.23. The summed E-state index contributed by atoms with van der Waals surface area (Å²) in [7, 11) is 0. The maximum absolute atomic E-state index is 12.4. The molecule has 1 N–H and O–H groups in total. The molecule has 0 spiro atoms. The van der Waals surface area contributed by atoms with Crippen LogP contribution in [0.15, 0.2) is 36.4 Å². The Bertz CT molecular complexity index is 724. The zero-order valence-corrected chi connectivity index (χ0v) is 16.8. The molecule has 0 atom stereocenters. The number of nitrogens with one attached hydrogen (secondary N) is 1. The molecule has 0 aliphatic heterocycles. The standard InChI is InChI=1S/C21H25Cl2NO2/c1-3-4-5-6-7-11-26-20-18(22)13-16(14-19(20)23)21(25)24-17-10-8-9-15(2)12-17/h8-10,12-14H,3-7,11H2,1-2H3,(H,24,25). The number of amides is 1. The van der Waals surface area contributed by atoms with Crippen molar-refractivity contribution in [2.45, 2.75) is 46.0 Å². The number of rotatable bonds is 9. The first-order valence-electron chi connectivity index (χ1n) is 9.01. The Morgan fingerprint density at radius 2 is 1.73 bits per heavy atom. The highest BCUT2D eigenvalue weighted by atomic mass is 35.5. The number of hydrogen-bond donors (Lipinski definition) is 1. The quantitative estimate of drug-likeness (QED) is 0.470. The number of unbranched alkanes of at least 4 members (excludes halogenated alkanes) is 4. The highest BCUT2D eigenvalue weighted by molar-refractivity contribution is 6.37. The fraction of sp³-hybridized carbons (Fsp3) is 0.381. The van der Waals surface area contributed by atoms with Crippen molar-refractivity contribution in [1.82, 2.24) is 0 Å². The average Bonchev–Trinajstić information content (AvgIpc) is 2.59. The summed E-state index contributed by atoms with van der Waals surface area (Å²) in [6.07, 6.45) is 5.75. The molecule has 2 rings (SSSR count). The predicted molar refractivity (Wildman–Crippen MR) is 110 cm³/mol. The van der Waals surface area contributed by atoms with Gasteiger partial charge in [0.15, 0.2) is 5.75 Å². The van der Waals surface area contributed by atoms with Gasteiger partial charge in [0.25, 0.3) is 5.91 Å². The Balaban J connectivity index is 1.98. The summed E-state index contributed by atoms with van der Waals surface area (Å²) in [4.78, 5) is 12.4. The van der Waals surface area contributed by atoms with E-state index in [9.17, 15) is 4.79 Å². The van der Waals surface area contributed by atoms with Crippen LogP contribution in [0.5, 0.6) is 5.75 Å². The van der Waals surface area contributed by atoms with Gasteiger partial charge < -0.3 is 10.1 Å². The molecule has 0 aliphatic carbocycles. The third kappa shape index (κ3) is 6.22. The number of halogens is 2. The molecule has 2 aromatic carbocycles. The Morgan fingerprint density at radius 1 is 1.04 bits per heavy atom. The van der Waals surface area contributed by atoms with Crippen LogP contribution in [-0.4, -0.2) is 12.5 Å². The zero-order valence-electron chi connectivity index (χ0n) is 15.3. The number of hydrogen-bond acceptors (Lipinski definition) is 2. The average molecular weight is 394 g/mol. The summed E-state index contributed by atoms with van der Waals surface area (Å²) in [6, 6.07) is 10.8. The van der Waals surface area contributed by atoms with Crippen molar-refractivity contribution >= 4 is 34.8 Å². The lowest BCUT2D eigenvalue weighted by molar-refractivity contribution is 0.102. The maximum Gasteiger partial charge on any atom is 0.255 e. The van der Waals surface area contributed by atoms with Crippen LogP contribution in [0.2, 0.25) is 10.0 Å². The van der Waals surface area contributed by atoms with Crippen LogP contribution in [0.25, 0.3) is 0 Å². The Kier molecular flexibility index (Phi) is 8.27. The minimum atomic E-state index is -0.259. The van der Waals surface area contributed by atoms with Crippen LogP contribution in [0.3, 0.4) is 0 Å². The molecule has 26 heavy (non-hydrogen) atoms. The van der Waals surface area contributed by atoms with E-state index in [1.165, 1.54) is 19.3 Å². The second kappa shape index (κ2) is 10.4. The van der Waals surface area contributed by atoms with Crippen LogP contribution in [0, 0.1) is 6.92 Å². The molecule has 0 bridgehead atoms. The second-order valence-electron chi connectivity index (χ2n) is 6.36. The third-order valence-corrected chi connectivity index (χ3v) is 4.59. The van der Waals surface area contributed by atoms with Crippen molar-refractivity contribution in [3.05, 3.63) is 57.6 Å². The van der Waals surface area contributed by atoms with Gasteiger partial charge in [0.1, 0.15) is 0 Å². The van der Waals surface area contributed by atoms with E-state index in [1.54, 1.807) is 12.1 Å². The van der Waals surface area contributed by atoms with Crippen LogP contribution < -0.4 is 10.1 Å². The molecular weight excluding hydrogens is 369 g/mol. The van der Waals surface area contributed by atoms with Crippen molar-refractivity contribution < 1.29 is 9.53 Å². The molecule has 0 saturated heterocycles. The number of aryl methyl sites for hydroxylation is 1. The molecule has 0 unspecified atom stereocenters. The molecule has 140 valence electrons. The van der Waals surface area contributed by atoms with Crippen molar-refractivity contribution in [3.8, 4) is 5.75 Å². The summed E-state index contributed by atoms with van der Waals surface area (Å²) in [5, 5.41) is 3.54. The van der Waals surface area contributed by atoms with Crippen molar-refractivity contribution in [2.75, 3.05) is 11.9 Å². The first-order valence-corrected chi connectivity index (χ1v) is 9.76. The van der Waals surface area contributed by atoms with Crippen molar-refractivity contribution in [2.24, 2.45) is 0 Å². The van der Waals surface area contributed by atoms with Gasteiger partial charge in [-0.1, -0.05) is 67.9 Å². The highest BCUT2D eigenvalue weighted by Gasteiger charge is 2.14. The third-order valence-electron chi connectivity index (χ3n) is 4.03. The monoisotopic (exact) mass is 393 g/mol. The van der Waals surface area contributed by atoms with E-state index in [2.05, 4.69) is 12.2 Å². The number of benzene rings is 2. The van der Waals surface area contributed by atoms with Gasteiger partial charge in [-0.3, -0.25) is 4.79 Å². The van der Waals surface area contributed by atoms with E-state index in [-0.39, 0.29) is 5.91 Å². The number of carbonyl (C=O) groups excluding carboxylic acids is 1. The van der Waals surface area contributed by atoms with E-state index in [0.29, 0.717) is 28.0 Å². The van der Waals surface area contributed by atoms with Gasteiger partial charge in [0, 0.05) is 11.3 Å². The molecule has 2 aromatic rings. The zero-order chi connectivity index (χ0) is 18.9. The van der Waals surface area contributed by atoms with Gasteiger partial charge >= 0.3 is 0 Å². The van der Waals surface area contributed by atoms with Gasteiger partial charge in [0.05, 0.1) is 16.7 Å². The lowest BCUT2D eigenvalue weighted by atomic mass is 10.1. The van der Waals surface area contributed by atoms with E-state index in [0.717, 1.165) is 24.1 Å². The normalized spacial score (nSPS) is 10.6. The smallest absolute Gasteiger partial charge is 0.255 e. The number of anilines is 1. The molecule has 0 fully saturated rings. The number of carbonyl (C=O) groups is 1. The van der Waals surface area contributed by atoms with Gasteiger partial charge in [-0.05, 0) is 43.2 Å². The molecule has 0 heterocycles. The maximum atomic E-state index is 12.4. The predicted octanol–water partition coefficient (Wildman–Crippen LogP) is 6.90. The summed E-state index contributed by atoms with van der Waals surface area (Å²) in [5.41, 5.74) is 2.20. The first-order chi connectivity index (χ1) is 12.5. The molecule has 0 radical (unpaired) electrons.